The molecule has 0 aliphatic rings. The lowest BCUT2D eigenvalue weighted by Gasteiger charge is -2.18. The van der Waals surface area contributed by atoms with Crippen molar-refractivity contribution in [1.29, 1.82) is 0 Å². The highest BCUT2D eigenvalue weighted by Gasteiger charge is 2.31. The van der Waals surface area contributed by atoms with Gasteiger partial charge in [0.25, 0.3) is 5.91 Å². The molecule has 0 fully saturated rings. The van der Waals surface area contributed by atoms with E-state index >= 15 is 0 Å². The number of nitrogens with one attached hydrogen (secondary N) is 1. The molecule has 1 N–H and O–H groups in total. The third-order valence-electron chi connectivity index (χ3n) is 3.94. The minimum Gasteiger partial charge on any atom is -0.406 e. The predicted molar refractivity (Wildman–Crippen MR) is 94.6 cm³/mol. The Morgan fingerprint density at radius 1 is 1.07 bits per heavy atom. The molecule has 2 rings (SSSR count). The van der Waals surface area contributed by atoms with Gasteiger partial charge in [-0.15, -0.1) is 13.2 Å². The lowest BCUT2D eigenvalue weighted by Crippen LogP contribution is -2.35. The average molecular weight is 380 g/mol. The van der Waals surface area contributed by atoms with E-state index in [4.69, 9.17) is 0 Å². The van der Waals surface area contributed by atoms with Crippen LogP contribution in [0.1, 0.15) is 21.5 Å². The van der Waals surface area contributed by atoms with Crippen LogP contribution in [0.2, 0.25) is 0 Å². The largest absolute Gasteiger partial charge is 0.573 e. The fraction of sp³-hybridized carbons (Fsp3) is 0.263. The second-order valence-corrected chi connectivity index (χ2v) is 6.03. The number of benzene rings is 2. The van der Waals surface area contributed by atoms with E-state index in [1.807, 2.05) is 26.0 Å². The normalized spacial score (nSPS) is 11.0. The molecule has 0 saturated heterocycles. The molecule has 0 aromatic heterocycles. The number of carbonyl (C=O) groups is 2. The Morgan fingerprint density at radius 3 is 2.30 bits per heavy atom. The monoisotopic (exact) mass is 380 g/mol. The number of hydrogen-bond donors (Lipinski definition) is 1. The first-order valence-corrected chi connectivity index (χ1v) is 8.04. The first kappa shape index (κ1) is 20.3. The summed E-state index contributed by atoms with van der Waals surface area (Å²) >= 11 is 0. The number of rotatable bonds is 5. The molecular weight excluding hydrogens is 361 g/mol. The Hall–Kier alpha value is -3.03. The molecule has 0 aliphatic heterocycles. The van der Waals surface area contributed by atoms with E-state index in [1.165, 1.54) is 24.1 Å². The zero-order valence-corrected chi connectivity index (χ0v) is 15.1. The molecule has 2 aromatic rings. The van der Waals surface area contributed by atoms with Gasteiger partial charge in [-0.05, 0) is 55.3 Å². The maximum Gasteiger partial charge on any atom is 0.573 e. The van der Waals surface area contributed by atoms with Crippen LogP contribution in [0, 0.1) is 13.8 Å². The number of likely N-dealkylation sites (N-methyl/N-ethyl adjacent to an activating group) is 1. The summed E-state index contributed by atoms with van der Waals surface area (Å²) in [6.07, 6.45) is -4.80. The molecule has 0 spiro atoms. The summed E-state index contributed by atoms with van der Waals surface area (Å²) in [6, 6.07) is 10.0. The van der Waals surface area contributed by atoms with Crippen molar-refractivity contribution >= 4 is 17.5 Å². The molecule has 0 unspecified atom stereocenters. The number of aryl methyl sites for hydroxylation is 1. The zero-order valence-electron chi connectivity index (χ0n) is 15.1. The molecule has 0 bridgehead atoms. The third kappa shape index (κ3) is 5.73. The second kappa shape index (κ2) is 8.11. The van der Waals surface area contributed by atoms with Crippen molar-refractivity contribution in [2.24, 2.45) is 0 Å². The van der Waals surface area contributed by atoms with Crippen molar-refractivity contribution in [3.63, 3.8) is 0 Å². The molecule has 27 heavy (non-hydrogen) atoms. The van der Waals surface area contributed by atoms with Gasteiger partial charge in [-0.1, -0.05) is 12.1 Å². The van der Waals surface area contributed by atoms with Gasteiger partial charge in [0.05, 0.1) is 6.54 Å². The number of hydrogen-bond acceptors (Lipinski definition) is 3. The number of halogens is 3. The Morgan fingerprint density at radius 2 is 1.70 bits per heavy atom. The summed E-state index contributed by atoms with van der Waals surface area (Å²) < 4.78 is 40.2. The van der Waals surface area contributed by atoms with Gasteiger partial charge in [0.2, 0.25) is 5.91 Å². The Labute approximate surface area is 154 Å². The zero-order chi connectivity index (χ0) is 20.2. The molecule has 5 nitrogen and oxygen atoms in total. The quantitative estimate of drug-likeness (QED) is 0.856. The summed E-state index contributed by atoms with van der Waals surface area (Å²) in [5, 5.41) is 2.75. The molecule has 0 aliphatic carbocycles. The van der Waals surface area contributed by atoms with Crippen LogP contribution >= 0.6 is 0 Å². The van der Waals surface area contributed by atoms with Crippen molar-refractivity contribution in [3.8, 4) is 5.75 Å². The number of ether oxygens (including phenoxy) is 1. The summed E-state index contributed by atoms with van der Waals surface area (Å²) in [4.78, 5) is 25.7. The van der Waals surface area contributed by atoms with E-state index in [2.05, 4.69) is 10.1 Å². The summed E-state index contributed by atoms with van der Waals surface area (Å²) in [6.45, 7) is 3.60. The standard InChI is InChI=1S/C19H19F3N2O3/c1-12-5-4-6-16(13(12)2)23-17(25)11-24(3)18(26)14-7-9-15(10-8-14)27-19(20,21)22/h4-10H,11H2,1-3H3,(H,23,25). The first-order valence-electron chi connectivity index (χ1n) is 8.04. The minimum atomic E-state index is -4.80. The average Bonchev–Trinajstić information content (AvgIpc) is 2.57. The molecule has 2 amide bonds. The molecular formula is C19H19F3N2O3. The van der Waals surface area contributed by atoms with Gasteiger partial charge >= 0.3 is 6.36 Å². The number of carbonyl (C=O) groups excluding carboxylic acids is 2. The van der Waals surface area contributed by atoms with Crippen LogP contribution in [-0.4, -0.2) is 36.7 Å². The van der Waals surface area contributed by atoms with Crippen LogP contribution in [0.3, 0.4) is 0 Å². The highest BCUT2D eigenvalue weighted by molar-refractivity contribution is 5.99. The third-order valence-corrected chi connectivity index (χ3v) is 3.94. The second-order valence-electron chi connectivity index (χ2n) is 6.03. The maximum atomic E-state index is 12.3. The number of anilines is 1. The van der Waals surface area contributed by atoms with E-state index in [0.29, 0.717) is 5.69 Å². The van der Waals surface area contributed by atoms with E-state index in [1.54, 1.807) is 6.07 Å². The number of nitrogens with zero attached hydrogens (tertiary/aromatic N) is 1. The topological polar surface area (TPSA) is 58.6 Å². The summed E-state index contributed by atoms with van der Waals surface area (Å²) in [5.74, 6) is -1.30. The van der Waals surface area contributed by atoms with Crippen LogP contribution in [-0.2, 0) is 4.79 Å². The van der Waals surface area contributed by atoms with Gasteiger partial charge in [0, 0.05) is 18.3 Å². The van der Waals surface area contributed by atoms with Crippen molar-refractivity contribution < 1.29 is 27.5 Å². The lowest BCUT2D eigenvalue weighted by molar-refractivity contribution is -0.274. The molecule has 0 saturated carbocycles. The van der Waals surface area contributed by atoms with E-state index in [0.717, 1.165) is 23.3 Å². The molecule has 0 heterocycles. The van der Waals surface area contributed by atoms with Crippen LogP contribution in [0.5, 0.6) is 5.75 Å². The van der Waals surface area contributed by atoms with E-state index in [-0.39, 0.29) is 18.0 Å². The lowest BCUT2D eigenvalue weighted by atomic mass is 10.1. The van der Waals surface area contributed by atoms with Crippen molar-refractivity contribution in [2.75, 3.05) is 18.9 Å². The van der Waals surface area contributed by atoms with Crippen molar-refractivity contribution in [2.45, 2.75) is 20.2 Å². The SMILES string of the molecule is Cc1cccc(NC(=O)CN(C)C(=O)c2ccc(OC(F)(F)F)cc2)c1C. The molecule has 2 aromatic carbocycles. The smallest absolute Gasteiger partial charge is 0.406 e. The molecule has 0 atom stereocenters. The molecule has 8 heteroatoms. The molecule has 0 radical (unpaired) electrons. The highest BCUT2D eigenvalue weighted by atomic mass is 19.4. The van der Waals surface area contributed by atoms with E-state index in [9.17, 15) is 22.8 Å². The molecule has 144 valence electrons. The van der Waals surface area contributed by atoms with Gasteiger partial charge in [0.15, 0.2) is 0 Å². The highest BCUT2D eigenvalue weighted by Crippen LogP contribution is 2.23. The fourth-order valence-corrected chi connectivity index (χ4v) is 2.38. The van der Waals surface area contributed by atoms with Crippen LogP contribution in [0.15, 0.2) is 42.5 Å². The predicted octanol–water partition coefficient (Wildman–Crippen LogP) is 3.91. The van der Waals surface area contributed by atoms with Crippen LogP contribution < -0.4 is 10.1 Å². The first-order chi connectivity index (χ1) is 12.6. The number of alkyl halides is 3. The van der Waals surface area contributed by atoms with Gasteiger partial charge in [-0.2, -0.15) is 0 Å². The van der Waals surface area contributed by atoms with Gasteiger partial charge in [-0.25, -0.2) is 0 Å². The Kier molecular flexibility index (Phi) is 6.09. The van der Waals surface area contributed by atoms with Crippen molar-refractivity contribution in [3.05, 3.63) is 59.2 Å². The minimum absolute atomic E-state index is 0.145. The van der Waals surface area contributed by atoms with Crippen molar-refractivity contribution in [1.82, 2.24) is 4.90 Å². The Bertz CT molecular complexity index is 833. The van der Waals surface area contributed by atoms with Crippen LogP contribution in [0.25, 0.3) is 0 Å². The summed E-state index contributed by atoms with van der Waals surface area (Å²) in [5.41, 5.74) is 2.76. The van der Waals surface area contributed by atoms with Gasteiger partial charge in [0.1, 0.15) is 5.75 Å². The van der Waals surface area contributed by atoms with Gasteiger partial charge in [-0.3, -0.25) is 9.59 Å². The number of amides is 2. The van der Waals surface area contributed by atoms with E-state index < -0.39 is 18.0 Å². The fourth-order valence-electron chi connectivity index (χ4n) is 2.38. The van der Waals surface area contributed by atoms with Gasteiger partial charge < -0.3 is 15.0 Å². The van der Waals surface area contributed by atoms with Crippen LogP contribution in [0.4, 0.5) is 18.9 Å². The Balaban J connectivity index is 1.98. The maximum absolute atomic E-state index is 12.3. The summed E-state index contributed by atoms with van der Waals surface area (Å²) in [7, 11) is 1.44.